The number of rotatable bonds is 8. The summed E-state index contributed by atoms with van der Waals surface area (Å²) in [7, 11) is 0. The minimum absolute atomic E-state index is 0.0766. The monoisotopic (exact) mass is 496 g/mol. The molecule has 10 heteroatoms. The van der Waals surface area contributed by atoms with E-state index in [9.17, 15) is 9.59 Å². The number of benzene rings is 2. The van der Waals surface area contributed by atoms with E-state index in [2.05, 4.69) is 10.2 Å². The molecule has 0 radical (unpaired) electrons. The molecule has 3 heterocycles. The van der Waals surface area contributed by atoms with E-state index >= 15 is 0 Å². The number of carbonyl (C=O) groups excluding carboxylic acids is 1. The van der Waals surface area contributed by atoms with Gasteiger partial charge < -0.3 is 19.5 Å². The van der Waals surface area contributed by atoms with Crippen molar-refractivity contribution in [2.24, 2.45) is 0 Å². The minimum atomic E-state index is -0.186. The third-order valence-electron chi connectivity index (χ3n) is 5.94. The first-order chi connectivity index (χ1) is 17.2. The van der Waals surface area contributed by atoms with Gasteiger partial charge in [-0.2, -0.15) is 0 Å². The summed E-state index contributed by atoms with van der Waals surface area (Å²) in [6, 6.07) is 12.7. The van der Waals surface area contributed by atoms with Crippen LogP contribution in [0.2, 0.25) is 0 Å². The number of anilines is 1. The zero-order valence-corrected chi connectivity index (χ0v) is 20.2. The van der Waals surface area contributed by atoms with Gasteiger partial charge in [-0.3, -0.25) is 19.1 Å². The standard InChI is InChI=1S/C25H28N4O5S/c30-23(26-18-6-7-21-22(16-18)34-15-14-33-21)17-35-25-27-20-5-2-1-4-19(20)24(31)29(25)9-3-8-28-10-12-32-13-11-28/h1-2,4-7,16H,3,8-15,17H2,(H,26,30). The molecule has 0 spiro atoms. The molecule has 35 heavy (non-hydrogen) atoms. The summed E-state index contributed by atoms with van der Waals surface area (Å²) >= 11 is 1.27. The summed E-state index contributed by atoms with van der Waals surface area (Å²) in [4.78, 5) is 33.0. The van der Waals surface area contributed by atoms with Crippen molar-refractivity contribution >= 4 is 34.3 Å². The van der Waals surface area contributed by atoms with Gasteiger partial charge in [-0.25, -0.2) is 4.98 Å². The average Bonchev–Trinajstić information content (AvgIpc) is 2.89. The van der Waals surface area contributed by atoms with Crippen LogP contribution in [-0.4, -0.2) is 72.2 Å². The number of fused-ring (bicyclic) bond motifs is 2. The Balaban J connectivity index is 1.27. The van der Waals surface area contributed by atoms with E-state index in [-0.39, 0.29) is 17.2 Å². The van der Waals surface area contributed by atoms with E-state index in [1.807, 2.05) is 18.2 Å². The van der Waals surface area contributed by atoms with Crippen LogP contribution in [0.4, 0.5) is 5.69 Å². The Kier molecular flexibility index (Phi) is 7.51. The van der Waals surface area contributed by atoms with E-state index in [1.165, 1.54) is 11.8 Å². The molecule has 0 atom stereocenters. The topological polar surface area (TPSA) is 94.9 Å². The average molecular weight is 497 g/mol. The summed E-state index contributed by atoms with van der Waals surface area (Å²) in [5, 5.41) is 4.03. The molecule has 0 aliphatic carbocycles. The molecule has 0 unspecified atom stereocenters. The molecule has 5 rings (SSSR count). The van der Waals surface area contributed by atoms with Crippen molar-refractivity contribution in [3.63, 3.8) is 0 Å². The number of ether oxygens (including phenoxy) is 3. The van der Waals surface area contributed by atoms with Crippen LogP contribution in [0.1, 0.15) is 6.42 Å². The fourth-order valence-electron chi connectivity index (χ4n) is 4.18. The lowest BCUT2D eigenvalue weighted by Gasteiger charge is -2.26. The van der Waals surface area contributed by atoms with Gasteiger partial charge in [-0.15, -0.1) is 0 Å². The molecule has 2 aliphatic heterocycles. The second kappa shape index (κ2) is 11.1. The second-order valence-corrected chi connectivity index (χ2v) is 9.31. The van der Waals surface area contributed by atoms with Crippen molar-refractivity contribution in [2.45, 2.75) is 18.1 Å². The first-order valence-corrected chi connectivity index (χ1v) is 12.8. The van der Waals surface area contributed by atoms with Gasteiger partial charge in [0.05, 0.1) is 29.9 Å². The number of nitrogens with zero attached hydrogens (tertiary/aromatic N) is 3. The van der Waals surface area contributed by atoms with Crippen molar-refractivity contribution < 1.29 is 19.0 Å². The van der Waals surface area contributed by atoms with Crippen LogP contribution >= 0.6 is 11.8 Å². The molecule has 184 valence electrons. The number of para-hydroxylation sites is 1. The van der Waals surface area contributed by atoms with Crippen LogP contribution in [0.15, 0.2) is 52.4 Å². The van der Waals surface area contributed by atoms with Crippen molar-refractivity contribution in [1.82, 2.24) is 14.5 Å². The van der Waals surface area contributed by atoms with Crippen LogP contribution < -0.4 is 20.3 Å². The summed E-state index contributed by atoms with van der Waals surface area (Å²) in [6.45, 7) is 5.74. The number of nitrogens with one attached hydrogen (secondary N) is 1. The maximum Gasteiger partial charge on any atom is 0.262 e. The number of amides is 1. The van der Waals surface area contributed by atoms with Crippen LogP contribution in [0.5, 0.6) is 11.5 Å². The Labute approximate surface area is 207 Å². The van der Waals surface area contributed by atoms with Crippen molar-refractivity contribution in [3.05, 3.63) is 52.8 Å². The lowest BCUT2D eigenvalue weighted by atomic mass is 10.2. The van der Waals surface area contributed by atoms with Gasteiger partial charge in [0.25, 0.3) is 5.56 Å². The fourth-order valence-corrected chi connectivity index (χ4v) is 5.01. The molecule has 0 saturated carbocycles. The van der Waals surface area contributed by atoms with Crippen molar-refractivity contribution in [1.29, 1.82) is 0 Å². The minimum Gasteiger partial charge on any atom is -0.486 e. The summed E-state index contributed by atoms with van der Waals surface area (Å²) in [5.74, 6) is 1.23. The maximum absolute atomic E-state index is 13.3. The van der Waals surface area contributed by atoms with Crippen molar-refractivity contribution in [3.8, 4) is 11.5 Å². The van der Waals surface area contributed by atoms with Crippen molar-refractivity contribution in [2.75, 3.05) is 57.1 Å². The van der Waals surface area contributed by atoms with Gasteiger partial charge >= 0.3 is 0 Å². The lowest BCUT2D eigenvalue weighted by Crippen LogP contribution is -2.37. The van der Waals surface area contributed by atoms with E-state index in [1.54, 1.807) is 28.8 Å². The highest BCUT2D eigenvalue weighted by molar-refractivity contribution is 7.99. The Hall–Kier alpha value is -3.08. The molecular formula is C25H28N4O5S. The Bertz CT molecular complexity index is 1260. The van der Waals surface area contributed by atoms with E-state index in [4.69, 9.17) is 19.2 Å². The molecule has 2 aromatic carbocycles. The normalized spacial score (nSPS) is 15.8. The molecular weight excluding hydrogens is 468 g/mol. The molecule has 2 aliphatic rings. The molecule has 3 aromatic rings. The van der Waals surface area contributed by atoms with Crippen LogP contribution in [0, 0.1) is 0 Å². The van der Waals surface area contributed by atoms with Gasteiger partial charge in [0.1, 0.15) is 13.2 Å². The van der Waals surface area contributed by atoms with Crippen LogP contribution in [0.3, 0.4) is 0 Å². The molecule has 1 amide bonds. The van der Waals surface area contributed by atoms with Gasteiger partial charge in [0, 0.05) is 37.9 Å². The number of aromatic nitrogens is 2. The predicted octanol–water partition coefficient (Wildman–Crippen LogP) is 2.62. The SMILES string of the molecule is O=C(CSc1nc2ccccc2c(=O)n1CCCN1CCOCC1)Nc1ccc2c(c1)OCCO2. The van der Waals surface area contributed by atoms with Gasteiger partial charge in [0.2, 0.25) is 5.91 Å². The summed E-state index contributed by atoms with van der Waals surface area (Å²) in [6.07, 6.45) is 0.816. The first-order valence-electron chi connectivity index (χ1n) is 11.8. The third kappa shape index (κ3) is 5.77. The maximum atomic E-state index is 13.3. The van der Waals surface area contributed by atoms with Crippen LogP contribution in [-0.2, 0) is 16.1 Å². The van der Waals surface area contributed by atoms with Crippen LogP contribution in [0.25, 0.3) is 10.9 Å². The quantitative estimate of drug-likeness (QED) is 0.376. The highest BCUT2D eigenvalue weighted by Crippen LogP contribution is 2.32. The zero-order valence-electron chi connectivity index (χ0n) is 19.4. The third-order valence-corrected chi connectivity index (χ3v) is 6.92. The molecule has 1 saturated heterocycles. The number of carbonyl (C=O) groups is 1. The van der Waals surface area contributed by atoms with E-state index in [0.717, 1.165) is 39.3 Å². The Morgan fingerprint density at radius 3 is 2.66 bits per heavy atom. The summed E-state index contributed by atoms with van der Waals surface area (Å²) < 4.78 is 18.2. The highest BCUT2D eigenvalue weighted by Gasteiger charge is 2.16. The molecule has 1 N–H and O–H groups in total. The second-order valence-electron chi connectivity index (χ2n) is 8.37. The van der Waals surface area contributed by atoms with Gasteiger partial charge in [0.15, 0.2) is 16.7 Å². The zero-order chi connectivity index (χ0) is 24.0. The number of thioether (sulfide) groups is 1. The molecule has 0 bridgehead atoms. The van der Waals surface area contributed by atoms with E-state index in [0.29, 0.717) is 53.0 Å². The molecule has 1 fully saturated rings. The predicted molar refractivity (Wildman–Crippen MR) is 135 cm³/mol. The Morgan fingerprint density at radius 1 is 1.00 bits per heavy atom. The number of morpholine rings is 1. The van der Waals surface area contributed by atoms with E-state index < -0.39 is 0 Å². The molecule has 9 nitrogen and oxygen atoms in total. The smallest absolute Gasteiger partial charge is 0.262 e. The highest BCUT2D eigenvalue weighted by atomic mass is 32.2. The lowest BCUT2D eigenvalue weighted by molar-refractivity contribution is -0.113. The summed E-state index contributed by atoms with van der Waals surface area (Å²) in [5.41, 5.74) is 1.19. The Morgan fingerprint density at radius 2 is 1.80 bits per heavy atom. The van der Waals surface area contributed by atoms with Gasteiger partial charge in [-0.1, -0.05) is 23.9 Å². The number of hydrogen-bond donors (Lipinski definition) is 1. The van der Waals surface area contributed by atoms with Gasteiger partial charge in [-0.05, 0) is 30.7 Å². The fraction of sp³-hybridized carbons (Fsp3) is 0.400. The first kappa shape index (κ1) is 23.7. The number of hydrogen-bond acceptors (Lipinski definition) is 8. The molecule has 1 aromatic heterocycles. The largest absolute Gasteiger partial charge is 0.486 e.